The first kappa shape index (κ1) is 19.9. The zero-order valence-corrected chi connectivity index (χ0v) is 17.0. The monoisotopic (exact) mass is 375 g/mol. The maximum atomic E-state index is 13.1. The van der Waals surface area contributed by atoms with Crippen LogP contribution in [0.25, 0.3) is 0 Å². The Labute approximate surface area is 162 Å². The number of aromatic amines is 1. The molecular formula is C20H33N5O2. The molecule has 3 rings (SSSR count). The molecule has 150 valence electrons. The summed E-state index contributed by atoms with van der Waals surface area (Å²) in [5.41, 5.74) is 1.70. The smallest absolute Gasteiger partial charge is 0.257 e. The van der Waals surface area contributed by atoms with Gasteiger partial charge in [0.05, 0.1) is 11.8 Å². The highest BCUT2D eigenvalue weighted by molar-refractivity contribution is 5.95. The highest BCUT2D eigenvalue weighted by atomic mass is 16.2. The largest absolute Gasteiger partial charge is 0.341 e. The van der Waals surface area contributed by atoms with E-state index in [1.807, 2.05) is 23.9 Å². The Bertz CT molecular complexity index is 671. The number of hydrogen-bond donors (Lipinski definition) is 1. The number of likely N-dealkylation sites (N-methyl/N-ethyl adjacent to an activating group) is 1. The molecule has 0 aliphatic carbocycles. The summed E-state index contributed by atoms with van der Waals surface area (Å²) >= 11 is 0. The summed E-state index contributed by atoms with van der Waals surface area (Å²) in [4.78, 5) is 31.6. The molecule has 0 saturated carbocycles. The second kappa shape index (κ2) is 8.42. The SMILES string of the molecule is CCCc1[nH]ncc1C(=O)N1CCCC2(CCC(=O)N(CCN(C)C)C2)C1. The number of aryl methyl sites for hydroxylation is 1. The lowest BCUT2D eigenvalue weighted by atomic mass is 9.73. The van der Waals surface area contributed by atoms with E-state index in [0.717, 1.165) is 70.5 Å². The lowest BCUT2D eigenvalue weighted by Crippen LogP contribution is -2.55. The summed E-state index contributed by atoms with van der Waals surface area (Å²) in [6.45, 7) is 6.06. The molecule has 2 saturated heterocycles. The summed E-state index contributed by atoms with van der Waals surface area (Å²) in [5.74, 6) is 0.342. The maximum Gasteiger partial charge on any atom is 0.257 e. The molecule has 1 atom stereocenters. The second-order valence-electron chi connectivity index (χ2n) is 8.46. The molecule has 0 radical (unpaired) electrons. The highest BCUT2D eigenvalue weighted by Gasteiger charge is 2.43. The fourth-order valence-corrected chi connectivity index (χ4v) is 4.45. The van der Waals surface area contributed by atoms with Crippen LogP contribution in [0, 0.1) is 5.41 Å². The summed E-state index contributed by atoms with van der Waals surface area (Å²) in [6, 6.07) is 0. The summed E-state index contributed by atoms with van der Waals surface area (Å²) in [5, 5.41) is 7.08. The standard InChI is InChI=1S/C20H33N5O2/c1-4-6-17-16(13-21-22-17)19(27)25-10-5-8-20(15-25)9-7-18(26)24(14-20)12-11-23(2)3/h13H,4-12,14-15H2,1-3H3,(H,21,22). The number of amides is 2. The molecule has 7 nitrogen and oxygen atoms in total. The average Bonchev–Trinajstić information content (AvgIpc) is 3.11. The van der Waals surface area contributed by atoms with Crippen LogP contribution in [0.2, 0.25) is 0 Å². The van der Waals surface area contributed by atoms with E-state index in [1.54, 1.807) is 6.20 Å². The normalized spacial score (nSPS) is 23.5. The van der Waals surface area contributed by atoms with Crippen molar-refractivity contribution in [3.63, 3.8) is 0 Å². The number of nitrogens with zero attached hydrogens (tertiary/aromatic N) is 4. The Hall–Kier alpha value is -1.89. The number of H-pyrrole nitrogens is 1. The van der Waals surface area contributed by atoms with Crippen LogP contribution in [0.5, 0.6) is 0 Å². The van der Waals surface area contributed by atoms with Crippen LogP contribution in [-0.2, 0) is 11.2 Å². The van der Waals surface area contributed by atoms with E-state index in [4.69, 9.17) is 0 Å². The van der Waals surface area contributed by atoms with Crippen molar-refractivity contribution >= 4 is 11.8 Å². The van der Waals surface area contributed by atoms with Crippen molar-refractivity contribution < 1.29 is 9.59 Å². The molecule has 1 aromatic rings. The van der Waals surface area contributed by atoms with Gasteiger partial charge in [0.25, 0.3) is 5.91 Å². The van der Waals surface area contributed by atoms with Gasteiger partial charge >= 0.3 is 0 Å². The molecule has 1 spiro atoms. The Kier molecular flexibility index (Phi) is 6.19. The topological polar surface area (TPSA) is 72.5 Å². The van der Waals surface area contributed by atoms with E-state index in [1.165, 1.54) is 0 Å². The number of aromatic nitrogens is 2. The quantitative estimate of drug-likeness (QED) is 0.822. The van der Waals surface area contributed by atoms with E-state index in [-0.39, 0.29) is 17.2 Å². The molecule has 3 heterocycles. The number of carbonyl (C=O) groups excluding carboxylic acids is 2. The van der Waals surface area contributed by atoms with Gasteiger partial charge in [0.15, 0.2) is 0 Å². The Morgan fingerprint density at radius 3 is 2.89 bits per heavy atom. The van der Waals surface area contributed by atoms with Crippen molar-refractivity contribution in [2.24, 2.45) is 5.41 Å². The molecular weight excluding hydrogens is 342 g/mol. The zero-order valence-electron chi connectivity index (χ0n) is 17.0. The predicted molar refractivity (Wildman–Crippen MR) is 105 cm³/mol. The molecule has 1 aromatic heterocycles. The van der Waals surface area contributed by atoms with Crippen LogP contribution in [0.1, 0.15) is 55.1 Å². The van der Waals surface area contributed by atoms with Gasteiger partial charge in [0.2, 0.25) is 5.91 Å². The minimum atomic E-state index is 0.0444. The van der Waals surface area contributed by atoms with E-state index in [0.29, 0.717) is 12.0 Å². The molecule has 2 fully saturated rings. The third kappa shape index (κ3) is 4.51. The fourth-order valence-electron chi connectivity index (χ4n) is 4.45. The second-order valence-corrected chi connectivity index (χ2v) is 8.46. The van der Waals surface area contributed by atoms with Gasteiger partial charge in [-0.2, -0.15) is 5.10 Å². The number of piperidine rings is 2. The molecule has 27 heavy (non-hydrogen) atoms. The van der Waals surface area contributed by atoms with Gasteiger partial charge in [-0.05, 0) is 39.8 Å². The summed E-state index contributed by atoms with van der Waals surface area (Å²) in [7, 11) is 4.06. The van der Waals surface area contributed by atoms with E-state index < -0.39 is 0 Å². The van der Waals surface area contributed by atoms with Crippen LogP contribution in [-0.4, -0.2) is 83.5 Å². The van der Waals surface area contributed by atoms with Gasteiger partial charge in [-0.1, -0.05) is 13.3 Å². The number of likely N-dealkylation sites (tertiary alicyclic amines) is 2. The number of carbonyl (C=O) groups is 2. The van der Waals surface area contributed by atoms with Gasteiger partial charge in [-0.25, -0.2) is 0 Å². The van der Waals surface area contributed by atoms with Crippen molar-refractivity contribution in [3.05, 3.63) is 17.5 Å². The molecule has 2 aliphatic rings. The van der Waals surface area contributed by atoms with Crippen LogP contribution < -0.4 is 0 Å². The zero-order chi connectivity index (χ0) is 19.4. The number of rotatable bonds is 6. The summed E-state index contributed by atoms with van der Waals surface area (Å²) in [6.07, 6.45) is 7.08. The van der Waals surface area contributed by atoms with Gasteiger partial charge in [-0.3, -0.25) is 14.7 Å². The Morgan fingerprint density at radius 1 is 1.33 bits per heavy atom. The molecule has 0 bridgehead atoms. The van der Waals surface area contributed by atoms with E-state index >= 15 is 0 Å². The van der Waals surface area contributed by atoms with Crippen molar-refractivity contribution in [1.29, 1.82) is 0 Å². The highest BCUT2D eigenvalue weighted by Crippen LogP contribution is 2.39. The van der Waals surface area contributed by atoms with Gasteiger partial charge < -0.3 is 14.7 Å². The van der Waals surface area contributed by atoms with Gasteiger partial charge in [0, 0.05) is 50.3 Å². The van der Waals surface area contributed by atoms with Crippen LogP contribution in [0.4, 0.5) is 0 Å². The van der Waals surface area contributed by atoms with E-state index in [9.17, 15) is 9.59 Å². The van der Waals surface area contributed by atoms with Crippen molar-refractivity contribution in [3.8, 4) is 0 Å². The van der Waals surface area contributed by atoms with E-state index in [2.05, 4.69) is 22.0 Å². The Morgan fingerprint density at radius 2 is 2.15 bits per heavy atom. The number of hydrogen-bond acceptors (Lipinski definition) is 4. The minimum Gasteiger partial charge on any atom is -0.341 e. The van der Waals surface area contributed by atoms with Crippen molar-refractivity contribution in [2.45, 2.75) is 45.4 Å². The van der Waals surface area contributed by atoms with Crippen LogP contribution in [0.15, 0.2) is 6.20 Å². The molecule has 2 aliphatic heterocycles. The number of nitrogens with one attached hydrogen (secondary N) is 1. The first-order chi connectivity index (χ1) is 12.9. The fraction of sp³-hybridized carbons (Fsp3) is 0.750. The average molecular weight is 376 g/mol. The third-order valence-corrected chi connectivity index (χ3v) is 5.96. The maximum absolute atomic E-state index is 13.1. The first-order valence-corrected chi connectivity index (χ1v) is 10.2. The first-order valence-electron chi connectivity index (χ1n) is 10.2. The molecule has 0 aromatic carbocycles. The van der Waals surface area contributed by atoms with Crippen molar-refractivity contribution in [1.82, 2.24) is 24.9 Å². The molecule has 2 amide bonds. The third-order valence-electron chi connectivity index (χ3n) is 5.96. The van der Waals surface area contributed by atoms with Crippen LogP contribution in [0.3, 0.4) is 0 Å². The lowest BCUT2D eigenvalue weighted by Gasteiger charge is -2.48. The van der Waals surface area contributed by atoms with Crippen molar-refractivity contribution in [2.75, 3.05) is 46.8 Å². The minimum absolute atomic E-state index is 0.0444. The van der Waals surface area contributed by atoms with Gasteiger partial charge in [-0.15, -0.1) is 0 Å². The Balaban J connectivity index is 1.70. The molecule has 1 N–H and O–H groups in total. The van der Waals surface area contributed by atoms with Gasteiger partial charge in [0.1, 0.15) is 0 Å². The predicted octanol–water partition coefficient (Wildman–Crippen LogP) is 1.77. The lowest BCUT2D eigenvalue weighted by molar-refractivity contribution is -0.139. The molecule has 1 unspecified atom stereocenters. The summed E-state index contributed by atoms with van der Waals surface area (Å²) < 4.78 is 0. The van der Waals surface area contributed by atoms with Crippen LogP contribution >= 0.6 is 0 Å². The molecule has 7 heteroatoms.